The number of aliphatic hydroxyl groups excluding tert-OH is 2. The van der Waals surface area contributed by atoms with E-state index in [4.69, 9.17) is 51.2 Å². The van der Waals surface area contributed by atoms with Crippen LogP contribution in [0.3, 0.4) is 0 Å². The van der Waals surface area contributed by atoms with Crippen molar-refractivity contribution < 1.29 is 78.8 Å². The molecule has 1 heterocycles. The number of hydrogen-bond acceptors (Lipinski definition) is 13. The number of rotatable bonds is 43. The fourth-order valence-corrected chi connectivity index (χ4v) is 51.5. The van der Waals surface area contributed by atoms with E-state index in [-0.39, 0.29) is 45.3 Å². The third-order valence-corrected chi connectivity index (χ3v) is 48.7. The van der Waals surface area contributed by atoms with E-state index in [0.717, 1.165) is 32.1 Å². The first-order chi connectivity index (χ1) is 41.4. The number of hydrogen-bond donors (Lipinski definition) is 2. The molecule has 0 amide bonds. The van der Waals surface area contributed by atoms with Gasteiger partial charge < -0.3 is 57.3 Å². The Balaban J connectivity index is -0.000000283. The molecule has 0 spiro atoms. The Morgan fingerprint density at radius 3 is 1.21 bits per heavy atom. The number of aliphatic hydroxyl groups is 2. The molecule has 1 aliphatic rings. The molecule has 2 N–H and O–H groups in total. The van der Waals surface area contributed by atoms with Gasteiger partial charge in [0.05, 0.1) is 19.8 Å². The van der Waals surface area contributed by atoms with Crippen molar-refractivity contribution >= 4 is 115 Å². The minimum atomic E-state index is -1.78. The minimum absolute atomic E-state index is 0. The summed E-state index contributed by atoms with van der Waals surface area (Å²) in [5.41, 5.74) is 0.634. The van der Waals surface area contributed by atoms with Crippen LogP contribution in [0.5, 0.6) is 0 Å². The Bertz CT molecular complexity index is 1860. The summed E-state index contributed by atoms with van der Waals surface area (Å²) >= 11 is 5.41. The van der Waals surface area contributed by atoms with Gasteiger partial charge in [0.2, 0.25) is 0 Å². The quantitative estimate of drug-likeness (QED) is 0.0113. The van der Waals surface area contributed by atoms with Crippen molar-refractivity contribution in [3.63, 3.8) is 0 Å². The van der Waals surface area contributed by atoms with E-state index in [9.17, 15) is 19.8 Å². The van der Waals surface area contributed by atoms with Gasteiger partial charge in [0.1, 0.15) is 33.5 Å². The van der Waals surface area contributed by atoms with Crippen molar-refractivity contribution in [3.8, 4) is 0 Å². The Kier molecular flexibility index (Phi) is 63.0. The van der Waals surface area contributed by atoms with Crippen LogP contribution < -0.4 is 18.9 Å². The van der Waals surface area contributed by atoms with Gasteiger partial charge in [-0.3, -0.25) is 0 Å². The van der Waals surface area contributed by atoms with E-state index < -0.39 is 116 Å². The summed E-state index contributed by atoms with van der Waals surface area (Å²) in [7, 11) is -13.8. The van der Waals surface area contributed by atoms with Gasteiger partial charge in [-0.15, -0.1) is 6.58 Å². The maximum absolute atomic E-state index is 11.4. The Morgan fingerprint density at radius 1 is 0.554 bits per heavy atom. The zero-order valence-electron chi connectivity index (χ0n) is 65.8. The topological polar surface area (TPSA) is 158 Å². The van der Waals surface area contributed by atoms with Crippen LogP contribution in [-0.2, 0) is 49.7 Å². The second-order valence-electron chi connectivity index (χ2n) is 31.6. The molecule has 0 aliphatic carbocycles. The molecule has 1 saturated heterocycles. The van der Waals surface area contributed by atoms with Gasteiger partial charge in [-0.05, 0) is 180 Å². The van der Waals surface area contributed by atoms with E-state index in [0.29, 0.717) is 24.4 Å². The Labute approximate surface area is 600 Å². The second kappa shape index (κ2) is 55.7. The molecule has 2 unspecified atom stereocenters. The molecular weight excluding hydrogens is 1350 g/mol. The van der Waals surface area contributed by atoms with E-state index in [1.54, 1.807) is 19.9 Å². The summed E-state index contributed by atoms with van der Waals surface area (Å²) in [5, 5.41) is 19.1. The number of carbonyl (C=O) groups is 2. The molecule has 1 rings (SSSR count). The minimum Gasteiger partial charge on any atom is -0.460 e. The third-order valence-electron chi connectivity index (χ3n) is 14.8. The van der Waals surface area contributed by atoms with Gasteiger partial charge in [-0.1, -0.05) is 136 Å². The third kappa shape index (κ3) is 73.8. The standard InChI is InChI=1S/C27H60O6Si4.C17H44O2Si4.C10H16O4.C6H16OSi2.C4H9.C2H7ClSi.Li/c1-12-13-19-35(6,7)32-17-15-18-34(4,5)21-22-37(10,11)33-36(8,9)20-14-16-30-23-26(28)24-31-27(29)25(2)3;1-10-11-15-22(6,7)18-13-12-14-21(4,5)16-17-23(8,9)19-20(2)3;1-4-5-13-6-9(11)7-14-10(12)8(2)3;1-8(2)5-6-9(3,4)7-8;1-3-4-2;1-4(2)3;/h26,28H,2,12-24H2,1,3-11H3;20H,10-17H2,1-9H3;4,9,11H,1-2,5-7H2,3H3;5-6H2,1-4H3;1,3-4H2,2H3;4H,1-2H3;/q;;;;-1;;+1. The SMILES string of the molecule is C=C(C)C(=O)OCC(O)COCCC[Si](C)(C)O[Si](C)(C)CC[Si](C)(C)CCCO[Si](C)(C)CCCC.C=CCOCC(O)COC(=O)C(=C)C.CCCC[Si](C)(C)OCCC[Si](C)(C)CC[Si](C)(C)O[SiH](C)C.C[SiH](C)Cl.C[Si]1(C)CC[Si](C)(C)O1.[CH2-]CCC.[Li+]. The van der Waals surface area contributed by atoms with E-state index in [1.807, 2.05) is 0 Å². The van der Waals surface area contributed by atoms with Gasteiger partial charge >= 0.3 is 30.8 Å². The molecule has 0 aromatic carbocycles. The molecule has 0 bridgehead atoms. The summed E-state index contributed by atoms with van der Waals surface area (Å²) in [5.74, 6) is -0.994. The van der Waals surface area contributed by atoms with E-state index >= 15 is 0 Å². The zero-order valence-corrected chi connectivity index (χ0v) is 77.8. The number of unbranched alkanes of at least 4 members (excludes halogenated alkanes) is 3. The summed E-state index contributed by atoms with van der Waals surface area (Å²) in [6, 6.07) is 14.6. The van der Waals surface area contributed by atoms with Gasteiger partial charge in [0.25, 0.3) is 0 Å². The molecule has 2 atom stereocenters. The van der Waals surface area contributed by atoms with Crippen LogP contribution in [-0.4, -0.2) is 179 Å². The fraction of sp³-hybridized carbons (Fsp3) is 0.864. The van der Waals surface area contributed by atoms with Crippen LogP contribution in [0.25, 0.3) is 0 Å². The fourth-order valence-electron chi connectivity index (χ4n) is 9.47. The largest absolute Gasteiger partial charge is 1.00 e. The maximum Gasteiger partial charge on any atom is 1.00 e. The first-order valence-electron chi connectivity index (χ1n) is 35.0. The molecule has 26 heteroatoms. The summed E-state index contributed by atoms with van der Waals surface area (Å²) in [4.78, 5) is 22.3. The van der Waals surface area contributed by atoms with Crippen molar-refractivity contribution in [2.75, 3.05) is 52.9 Å². The smallest absolute Gasteiger partial charge is 0.460 e. The maximum atomic E-state index is 11.4. The van der Waals surface area contributed by atoms with Crippen molar-refractivity contribution in [2.45, 2.75) is 315 Å². The van der Waals surface area contributed by atoms with E-state index in [2.05, 4.69) is 191 Å². The molecule has 0 radical (unpaired) electrons. The van der Waals surface area contributed by atoms with Crippen LogP contribution in [0, 0.1) is 6.92 Å². The van der Waals surface area contributed by atoms with Crippen molar-refractivity contribution in [2.24, 2.45) is 0 Å². The second-order valence-corrected chi connectivity index (χ2v) is 80.3. The monoisotopic (exact) mass is 1500 g/mol. The predicted octanol–water partition coefficient (Wildman–Crippen LogP) is 16.7. The van der Waals surface area contributed by atoms with Crippen molar-refractivity contribution in [3.05, 3.63) is 43.9 Å². The van der Waals surface area contributed by atoms with Crippen LogP contribution in [0.15, 0.2) is 37.0 Å². The molecule has 0 saturated carbocycles. The Morgan fingerprint density at radius 2 is 0.891 bits per heavy atom. The summed E-state index contributed by atoms with van der Waals surface area (Å²) < 4.78 is 52.0. The van der Waals surface area contributed by atoms with Crippen LogP contribution in [0.4, 0.5) is 0 Å². The molecule has 1 fully saturated rings. The molecule has 546 valence electrons. The average Bonchev–Trinajstić information content (AvgIpc) is 1.63. The zero-order chi connectivity index (χ0) is 72.0. The number of esters is 2. The first-order valence-corrected chi connectivity index (χ1v) is 70.5. The molecule has 92 heavy (non-hydrogen) atoms. The summed E-state index contributed by atoms with van der Waals surface area (Å²) in [6.45, 7) is 78.7. The van der Waals surface area contributed by atoms with Crippen LogP contribution in [0.1, 0.15) is 92.4 Å². The molecule has 1 aliphatic heterocycles. The van der Waals surface area contributed by atoms with Gasteiger partial charge in [0.15, 0.2) is 67.3 Å². The van der Waals surface area contributed by atoms with Gasteiger partial charge in [-0.2, -0.15) is 17.5 Å². The number of halogens is 1. The van der Waals surface area contributed by atoms with Gasteiger partial charge in [-0.25, -0.2) is 9.59 Å². The molecule has 0 aromatic rings. The number of carbonyl (C=O) groups excluding carboxylic acids is 2. The Hall–Kier alpha value is 1.07. The van der Waals surface area contributed by atoms with Crippen molar-refractivity contribution in [1.29, 1.82) is 0 Å². The van der Waals surface area contributed by atoms with Gasteiger partial charge in [0, 0.05) is 47.1 Å². The van der Waals surface area contributed by atoms with Crippen molar-refractivity contribution in [1.82, 2.24) is 0 Å². The summed E-state index contributed by atoms with van der Waals surface area (Å²) in [6.07, 6.45) is 10.8. The molecule has 0 aromatic heterocycles. The average molecular weight is 1510 g/mol. The number of ether oxygens (including phenoxy) is 4. The van der Waals surface area contributed by atoms with Crippen LogP contribution >= 0.6 is 11.1 Å². The van der Waals surface area contributed by atoms with Crippen LogP contribution in [0.2, 0.25) is 211 Å². The molecular formula is C66H152ClLiO13Si11. The first kappa shape index (κ1) is 104. The predicted molar refractivity (Wildman–Crippen MR) is 428 cm³/mol. The van der Waals surface area contributed by atoms with E-state index in [1.165, 1.54) is 105 Å². The normalized spacial score (nSPS) is 14.6. The molecule has 13 nitrogen and oxygen atoms in total.